The number of aromatic nitrogens is 3. The number of rotatable bonds is 3. The number of nitrogens with zero attached hydrogens (tertiary/aromatic N) is 3. The SMILES string of the molecule is CC1(C)OB(c2cccc(-c3cnn(C(F)F)n3)c2)OC1(C)C. The molecular weight excluding hydrogens is 303 g/mol. The molecule has 8 heteroatoms. The Bertz CT molecular complexity index is 702. The summed E-state index contributed by atoms with van der Waals surface area (Å²) >= 11 is 0. The van der Waals surface area contributed by atoms with Gasteiger partial charge in [-0.25, -0.2) is 0 Å². The van der Waals surface area contributed by atoms with E-state index >= 15 is 0 Å². The van der Waals surface area contributed by atoms with Crippen LogP contribution in [0.25, 0.3) is 11.3 Å². The number of hydrogen-bond acceptors (Lipinski definition) is 4. The van der Waals surface area contributed by atoms with Gasteiger partial charge in [0.05, 0.1) is 17.4 Å². The zero-order valence-electron chi connectivity index (χ0n) is 13.5. The number of hydrogen-bond donors (Lipinski definition) is 0. The second-order valence-electron chi connectivity index (χ2n) is 6.54. The van der Waals surface area contributed by atoms with Gasteiger partial charge in [-0.05, 0) is 33.2 Å². The van der Waals surface area contributed by atoms with E-state index in [1.807, 2.05) is 45.9 Å². The summed E-state index contributed by atoms with van der Waals surface area (Å²) in [6.45, 7) is 5.15. The van der Waals surface area contributed by atoms with E-state index in [1.54, 1.807) is 6.07 Å². The fourth-order valence-corrected chi connectivity index (χ4v) is 2.33. The van der Waals surface area contributed by atoms with Crippen molar-refractivity contribution < 1.29 is 18.1 Å². The molecule has 1 aromatic heterocycles. The van der Waals surface area contributed by atoms with E-state index < -0.39 is 24.9 Å². The Hall–Kier alpha value is -1.80. The molecule has 0 saturated carbocycles. The predicted molar refractivity (Wildman–Crippen MR) is 82.4 cm³/mol. The van der Waals surface area contributed by atoms with Crippen LogP contribution >= 0.6 is 0 Å². The first kappa shape index (κ1) is 16.1. The molecule has 122 valence electrons. The third-order valence-electron chi connectivity index (χ3n) is 4.39. The van der Waals surface area contributed by atoms with Crippen LogP contribution in [-0.4, -0.2) is 33.3 Å². The van der Waals surface area contributed by atoms with E-state index in [0.29, 0.717) is 16.1 Å². The summed E-state index contributed by atoms with van der Waals surface area (Å²) in [5.41, 5.74) is 0.999. The molecule has 0 amide bonds. The van der Waals surface area contributed by atoms with E-state index in [2.05, 4.69) is 10.2 Å². The minimum Gasteiger partial charge on any atom is -0.399 e. The first-order valence-corrected chi connectivity index (χ1v) is 7.35. The van der Waals surface area contributed by atoms with Crippen molar-refractivity contribution in [1.29, 1.82) is 0 Å². The van der Waals surface area contributed by atoms with Crippen LogP contribution in [0, 0.1) is 0 Å². The number of benzene rings is 1. The lowest BCUT2D eigenvalue weighted by Gasteiger charge is -2.32. The van der Waals surface area contributed by atoms with Crippen LogP contribution in [0.4, 0.5) is 8.78 Å². The topological polar surface area (TPSA) is 49.2 Å². The van der Waals surface area contributed by atoms with Crippen LogP contribution in [0.3, 0.4) is 0 Å². The molecule has 0 spiro atoms. The second kappa shape index (κ2) is 5.38. The maximum absolute atomic E-state index is 12.6. The molecule has 5 nitrogen and oxygen atoms in total. The van der Waals surface area contributed by atoms with Crippen LogP contribution in [0.5, 0.6) is 0 Å². The molecule has 0 aliphatic carbocycles. The van der Waals surface area contributed by atoms with E-state index in [0.717, 1.165) is 5.46 Å². The molecule has 1 aromatic carbocycles. The average Bonchev–Trinajstić information content (AvgIpc) is 3.03. The van der Waals surface area contributed by atoms with Gasteiger partial charge in [0.25, 0.3) is 0 Å². The Kier molecular flexibility index (Phi) is 3.76. The van der Waals surface area contributed by atoms with Crippen LogP contribution in [0.2, 0.25) is 0 Å². The van der Waals surface area contributed by atoms with E-state index in [-0.39, 0.29) is 0 Å². The molecule has 2 aromatic rings. The Morgan fingerprint density at radius 1 is 1.13 bits per heavy atom. The van der Waals surface area contributed by atoms with Crippen molar-refractivity contribution in [2.24, 2.45) is 0 Å². The summed E-state index contributed by atoms with van der Waals surface area (Å²) in [7, 11) is -0.509. The summed E-state index contributed by atoms with van der Waals surface area (Å²) in [5, 5.41) is 7.34. The van der Waals surface area contributed by atoms with Crippen molar-refractivity contribution in [3.05, 3.63) is 30.5 Å². The fourth-order valence-electron chi connectivity index (χ4n) is 2.33. The van der Waals surface area contributed by atoms with Gasteiger partial charge in [0, 0.05) is 5.56 Å². The normalized spacial score (nSPS) is 19.5. The Labute approximate surface area is 133 Å². The highest BCUT2D eigenvalue weighted by Gasteiger charge is 2.51. The lowest BCUT2D eigenvalue weighted by atomic mass is 9.78. The van der Waals surface area contributed by atoms with Gasteiger partial charge >= 0.3 is 13.7 Å². The molecule has 3 rings (SSSR count). The maximum Gasteiger partial charge on any atom is 0.494 e. The summed E-state index contributed by atoms with van der Waals surface area (Å²) in [6, 6.07) is 7.30. The Morgan fingerprint density at radius 2 is 1.78 bits per heavy atom. The highest BCUT2D eigenvalue weighted by Crippen LogP contribution is 2.36. The van der Waals surface area contributed by atoms with Gasteiger partial charge in [-0.15, -0.1) is 9.90 Å². The second-order valence-corrected chi connectivity index (χ2v) is 6.54. The smallest absolute Gasteiger partial charge is 0.399 e. The molecule has 2 heterocycles. The molecule has 0 atom stereocenters. The lowest BCUT2D eigenvalue weighted by Crippen LogP contribution is -2.41. The summed E-state index contributed by atoms with van der Waals surface area (Å²) < 4.78 is 37.2. The predicted octanol–water partition coefficient (Wildman–Crippen LogP) is 2.64. The van der Waals surface area contributed by atoms with Gasteiger partial charge in [0.2, 0.25) is 0 Å². The number of alkyl halides is 2. The van der Waals surface area contributed by atoms with Crippen molar-refractivity contribution in [2.45, 2.75) is 45.4 Å². The van der Waals surface area contributed by atoms with Gasteiger partial charge in [-0.2, -0.15) is 13.9 Å². The van der Waals surface area contributed by atoms with Crippen molar-refractivity contribution in [2.75, 3.05) is 0 Å². The third-order valence-corrected chi connectivity index (χ3v) is 4.39. The molecular formula is C15H18BF2N3O2. The minimum absolute atomic E-state index is 0.378. The molecule has 0 unspecified atom stereocenters. The van der Waals surface area contributed by atoms with Crippen LogP contribution in [0.15, 0.2) is 30.5 Å². The molecule has 1 aliphatic heterocycles. The van der Waals surface area contributed by atoms with Crippen LogP contribution < -0.4 is 5.46 Å². The van der Waals surface area contributed by atoms with Crippen molar-refractivity contribution in [3.8, 4) is 11.3 Å². The van der Waals surface area contributed by atoms with Crippen LogP contribution in [0.1, 0.15) is 34.2 Å². The zero-order valence-corrected chi connectivity index (χ0v) is 13.5. The minimum atomic E-state index is -2.75. The fraction of sp³-hybridized carbons (Fsp3) is 0.467. The molecule has 1 saturated heterocycles. The summed E-state index contributed by atoms with van der Waals surface area (Å²) in [4.78, 5) is 0.386. The van der Waals surface area contributed by atoms with Gasteiger partial charge < -0.3 is 9.31 Å². The summed E-state index contributed by atoms with van der Waals surface area (Å²) in [6.07, 6.45) is 1.31. The lowest BCUT2D eigenvalue weighted by molar-refractivity contribution is 0.00578. The molecule has 0 radical (unpaired) electrons. The standard InChI is InChI=1S/C15H18BF2N3O2/c1-14(2)15(3,4)23-16(22-14)11-7-5-6-10(8-11)12-9-19-21(20-12)13(17)18/h5-9,13H,1-4H3. The molecule has 0 N–H and O–H groups in total. The molecule has 23 heavy (non-hydrogen) atoms. The van der Waals surface area contributed by atoms with Gasteiger partial charge in [-0.3, -0.25) is 0 Å². The largest absolute Gasteiger partial charge is 0.494 e. The Balaban J connectivity index is 1.89. The Morgan fingerprint density at radius 3 is 2.35 bits per heavy atom. The van der Waals surface area contributed by atoms with Crippen LogP contribution in [-0.2, 0) is 9.31 Å². The number of halogens is 2. The molecule has 1 fully saturated rings. The van der Waals surface area contributed by atoms with E-state index in [9.17, 15) is 8.78 Å². The first-order chi connectivity index (χ1) is 10.7. The molecule has 0 bridgehead atoms. The highest BCUT2D eigenvalue weighted by atomic mass is 19.3. The monoisotopic (exact) mass is 321 g/mol. The van der Waals surface area contributed by atoms with Gasteiger partial charge in [0.15, 0.2) is 0 Å². The summed E-state index contributed by atoms with van der Waals surface area (Å²) in [5.74, 6) is 0. The third kappa shape index (κ3) is 2.88. The van der Waals surface area contributed by atoms with Gasteiger partial charge in [-0.1, -0.05) is 24.3 Å². The van der Waals surface area contributed by atoms with Crippen molar-refractivity contribution in [1.82, 2.24) is 15.0 Å². The van der Waals surface area contributed by atoms with E-state index in [1.165, 1.54) is 6.20 Å². The average molecular weight is 321 g/mol. The maximum atomic E-state index is 12.6. The quantitative estimate of drug-likeness (QED) is 0.816. The van der Waals surface area contributed by atoms with Gasteiger partial charge in [0.1, 0.15) is 5.69 Å². The van der Waals surface area contributed by atoms with E-state index in [4.69, 9.17) is 9.31 Å². The van der Waals surface area contributed by atoms with Crippen molar-refractivity contribution in [3.63, 3.8) is 0 Å². The zero-order chi connectivity index (χ0) is 16.8. The molecule has 1 aliphatic rings. The van der Waals surface area contributed by atoms with Crippen molar-refractivity contribution >= 4 is 12.6 Å². The first-order valence-electron chi connectivity index (χ1n) is 7.35. The highest BCUT2D eigenvalue weighted by molar-refractivity contribution is 6.62.